The lowest BCUT2D eigenvalue weighted by atomic mass is 10.1. The van der Waals surface area contributed by atoms with Crippen molar-refractivity contribution in [2.75, 3.05) is 13.2 Å². The number of hydrogen-bond donors (Lipinski definition) is 1. The minimum atomic E-state index is -5.14. The predicted octanol–water partition coefficient (Wildman–Crippen LogP) is 2.93. The summed E-state index contributed by atoms with van der Waals surface area (Å²) in [6, 6.07) is 0. The second-order valence-corrected chi connectivity index (χ2v) is 8.15. The molecule has 1 aliphatic carbocycles. The van der Waals surface area contributed by atoms with Gasteiger partial charge >= 0.3 is 5.76 Å². The first kappa shape index (κ1) is 20.9. The Balaban J connectivity index is 2.56. The number of rotatable bonds is 5. The molecule has 1 heterocycles. The van der Waals surface area contributed by atoms with Gasteiger partial charge in [-0.25, -0.2) is 17.2 Å². The molecule has 0 spiro atoms. The number of sulfone groups is 1. The number of alkyl halides is 4. The van der Waals surface area contributed by atoms with Crippen LogP contribution in [0.2, 0.25) is 0 Å². The molecule has 0 unspecified atom stereocenters. The summed E-state index contributed by atoms with van der Waals surface area (Å²) in [5.41, 5.74) is -1.08. The fourth-order valence-electron chi connectivity index (χ4n) is 2.93. The first-order valence-corrected chi connectivity index (χ1v) is 9.46. The van der Waals surface area contributed by atoms with Crippen molar-refractivity contribution in [2.24, 2.45) is 0 Å². The second-order valence-electron chi connectivity index (χ2n) is 6.09. The lowest BCUT2D eigenvalue weighted by Gasteiger charge is -2.25. The Hall–Kier alpha value is -1.39. The van der Waals surface area contributed by atoms with E-state index in [9.17, 15) is 31.1 Å². The third-order valence-corrected chi connectivity index (χ3v) is 5.94. The Morgan fingerprint density at radius 1 is 1.38 bits per heavy atom. The second kappa shape index (κ2) is 7.69. The molecule has 0 aromatic heterocycles. The van der Waals surface area contributed by atoms with Crippen LogP contribution < -0.4 is 0 Å². The highest BCUT2D eigenvalue weighted by atomic mass is 32.2. The molecule has 2 aliphatic rings. The average molecular weight is 400 g/mol. The maximum atomic E-state index is 14.1. The summed E-state index contributed by atoms with van der Waals surface area (Å²) >= 11 is 0. The quantitative estimate of drug-likeness (QED) is 0.568. The van der Waals surface area contributed by atoms with Crippen LogP contribution in [0, 0.1) is 0 Å². The van der Waals surface area contributed by atoms with Crippen molar-refractivity contribution in [3.05, 3.63) is 34.5 Å². The van der Waals surface area contributed by atoms with E-state index in [4.69, 9.17) is 9.47 Å². The molecule has 2 fully saturated rings. The molecule has 26 heavy (non-hydrogen) atoms. The first-order valence-electron chi connectivity index (χ1n) is 7.91. The zero-order chi connectivity index (χ0) is 19.7. The molecule has 0 bridgehead atoms. The number of aliphatic hydroxyl groups is 1. The molecule has 10 heteroatoms. The zero-order valence-electron chi connectivity index (χ0n) is 14.1. The fourth-order valence-corrected chi connectivity index (χ4v) is 3.74. The number of ether oxygens (including phenoxy) is 2. The summed E-state index contributed by atoms with van der Waals surface area (Å²) in [6.07, 6.45) is -1.86. The van der Waals surface area contributed by atoms with Gasteiger partial charge in [0, 0.05) is 30.4 Å². The summed E-state index contributed by atoms with van der Waals surface area (Å²) in [7, 11) is -5.14. The third-order valence-electron chi connectivity index (χ3n) is 4.40. The monoisotopic (exact) mass is 400 g/mol. The molecule has 148 valence electrons. The van der Waals surface area contributed by atoms with Crippen LogP contribution in [0.3, 0.4) is 0 Å². The van der Waals surface area contributed by atoms with Crippen LogP contribution in [0.25, 0.3) is 0 Å². The van der Waals surface area contributed by atoms with E-state index >= 15 is 0 Å². The predicted molar refractivity (Wildman–Crippen MR) is 85.3 cm³/mol. The fraction of sp³-hybridized carbons (Fsp3) is 0.625. The van der Waals surface area contributed by atoms with Gasteiger partial charge in [-0.15, -0.1) is 0 Å². The van der Waals surface area contributed by atoms with Gasteiger partial charge in [0.15, 0.2) is 0 Å². The largest absolute Gasteiger partial charge is 0.490 e. The molecule has 5 nitrogen and oxygen atoms in total. The van der Waals surface area contributed by atoms with E-state index in [1.54, 1.807) is 0 Å². The van der Waals surface area contributed by atoms with Crippen LogP contribution in [-0.4, -0.2) is 50.6 Å². The SMILES string of the molecule is C=C/C(OC1CCOCC1)=C1/CC(F)(F)[C@@H](O)/C1=C(/C)S(=O)(=O)C(F)F. The van der Waals surface area contributed by atoms with E-state index in [-0.39, 0.29) is 17.4 Å². The van der Waals surface area contributed by atoms with E-state index < -0.39 is 44.5 Å². The number of hydrogen-bond acceptors (Lipinski definition) is 5. The summed E-state index contributed by atoms with van der Waals surface area (Å²) in [4.78, 5) is -0.998. The lowest BCUT2D eigenvalue weighted by molar-refractivity contribution is -0.0737. The Morgan fingerprint density at radius 2 is 1.96 bits per heavy atom. The van der Waals surface area contributed by atoms with Gasteiger partial charge in [-0.1, -0.05) is 6.58 Å². The molecule has 0 amide bonds. The van der Waals surface area contributed by atoms with E-state index in [1.165, 1.54) is 0 Å². The average Bonchev–Trinajstić information content (AvgIpc) is 2.82. The highest BCUT2D eigenvalue weighted by molar-refractivity contribution is 7.95. The molecule has 1 aliphatic heterocycles. The van der Waals surface area contributed by atoms with Gasteiger partial charge in [0.25, 0.3) is 5.92 Å². The Kier molecular flexibility index (Phi) is 6.19. The molecule has 0 aromatic rings. The van der Waals surface area contributed by atoms with Gasteiger partial charge in [-0.3, -0.25) is 0 Å². The van der Waals surface area contributed by atoms with Crippen molar-refractivity contribution < 1.29 is 40.6 Å². The molecule has 1 saturated carbocycles. The third kappa shape index (κ3) is 3.96. The highest BCUT2D eigenvalue weighted by Gasteiger charge is 2.52. The normalized spacial score (nSPS) is 28.2. The van der Waals surface area contributed by atoms with E-state index in [0.717, 1.165) is 13.0 Å². The van der Waals surface area contributed by atoms with Crippen molar-refractivity contribution in [3.63, 3.8) is 0 Å². The molecule has 0 radical (unpaired) electrons. The molecule has 1 atom stereocenters. The van der Waals surface area contributed by atoms with Crippen molar-refractivity contribution in [1.29, 1.82) is 0 Å². The Labute approximate surface area is 148 Å². The summed E-state index contributed by atoms with van der Waals surface area (Å²) in [6.45, 7) is 5.06. The van der Waals surface area contributed by atoms with Crippen LogP contribution in [0.4, 0.5) is 17.6 Å². The smallest absolute Gasteiger partial charge is 0.340 e. The minimum absolute atomic E-state index is 0.146. The van der Waals surface area contributed by atoms with Crippen molar-refractivity contribution in [3.8, 4) is 0 Å². The van der Waals surface area contributed by atoms with Gasteiger partial charge < -0.3 is 14.6 Å². The Bertz CT molecular complexity index is 721. The summed E-state index contributed by atoms with van der Waals surface area (Å²) in [5, 5.41) is 9.89. The standard InChI is InChI=1S/C16H20F4O5S/c1-3-12(25-10-4-6-24-7-5-10)11-8-16(19,20)14(21)13(11)9(2)26(22,23)15(17)18/h3,10,14-15,21H,1,4-8H2,2H3/b12-11+,13-9-/t14-/m0/s1. The molecule has 2 rings (SSSR count). The lowest BCUT2D eigenvalue weighted by Crippen LogP contribution is -2.29. The van der Waals surface area contributed by atoms with E-state index in [1.807, 2.05) is 0 Å². The molecular weight excluding hydrogens is 380 g/mol. The zero-order valence-corrected chi connectivity index (χ0v) is 14.9. The first-order chi connectivity index (χ1) is 12.0. The van der Waals surface area contributed by atoms with Crippen molar-refractivity contribution >= 4 is 9.84 Å². The molecule has 1 saturated heterocycles. The van der Waals surface area contributed by atoms with Crippen LogP contribution in [0.5, 0.6) is 0 Å². The van der Waals surface area contributed by atoms with Gasteiger partial charge in [-0.05, 0) is 13.0 Å². The van der Waals surface area contributed by atoms with Gasteiger partial charge in [0.1, 0.15) is 18.0 Å². The minimum Gasteiger partial charge on any atom is -0.490 e. The summed E-state index contributed by atoms with van der Waals surface area (Å²) in [5.74, 6) is -7.65. The van der Waals surface area contributed by atoms with Gasteiger partial charge in [0.05, 0.1) is 18.1 Å². The van der Waals surface area contributed by atoms with Crippen LogP contribution >= 0.6 is 0 Å². The highest BCUT2D eigenvalue weighted by Crippen LogP contribution is 2.47. The van der Waals surface area contributed by atoms with E-state index in [2.05, 4.69) is 6.58 Å². The van der Waals surface area contributed by atoms with Crippen LogP contribution in [0.15, 0.2) is 34.5 Å². The van der Waals surface area contributed by atoms with Gasteiger partial charge in [0.2, 0.25) is 9.84 Å². The summed E-state index contributed by atoms with van der Waals surface area (Å²) < 4.78 is 88.1. The Morgan fingerprint density at radius 3 is 2.46 bits per heavy atom. The van der Waals surface area contributed by atoms with Crippen LogP contribution in [0.1, 0.15) is 26.2 Å². The number of halogens is 4. The molecule has 0 aromatic carbocycles. The van der Waals surface area contributed by atoms with Crippen molar-refractivity contribution in [2.45, 2.75) is 50.1 Å². The molecule has 1 N–H and O–H groups in total. The van der Waals surface area contributed by atoms with Crippen LogP contribution in [-0.2, 0) is 19.3 Å². The van der Waals surface area contributed by atoms with Gasteiger partial charge in [-0.2, -0.15) is 8.78 Å². The topological polar surface area (TPSA) is 72.8 Å². The van der Waals surface area contributed by atoms with Crippen molar-refractivity contribution in [1.82, 2.24) is 0 Å². The van der Waals surface area contributed by atoms with E-state index in [0.29, 0.717) is 26.1 Å². The number of allylic oxidation sites excluding steroid dienone is 2. The maximum Gasteiger partial charge on any atom is 0.340 e. The maximum absolute atomic E-state index is 14.1. The molecular formula is C16H20F4O5S. The number of aliphatic hydroxyl groups excluding tert-OH is 1.